The van der Waals surface area contributed by atoms with E-state index in [0.717, 1.165) is 25.0 Å². The van der Waals surface area contributed by atoms with Gasteiger partial charge in [-0.1, -0.05) is 11.2 Å². The van der Waals surface area contributed by atoms with Crippen molar-refractivity contribution in [1.29, 1.82) is 0 Å². The topological polar surface area (TPSA) is 103 Å². The third-order valence-electron chi connectivity index (χ3n) is 5.37. The number of benzene rings is 1. The number of carbonyl (C=O) groups excluding carboxylic acids is 1. The van der Waals surface area contributed by atoms with Crippen molar-refractivity contribution in [3.63, 3.8) is 0 Å². The smallest absolute Gasteiger partial charge is 0.340 e. The first kappa shape index (κ1) is 22.6. The van der Waals surface area contributed by atoms with E-state index in [4.69, 9.17) is 4.52 Å². The predicted octanol–water partition coefficient (Wildman–Crippen LogP) is 3.51. The largest absolute Gasteiger partial charge is 0.416 e. The van der Waals surface area contributed by atoms with Gasteiger partial charge in [-0.15, -0.1) is 10.2 Å². The summed E-state index contributed by atoms with van der Waals surface area (Å²) in [5, 5.41) is 15.6. The molecule has 1 aromatic carbocycles. The van der Waals surface area contributed by atoms with Gasteiger partial charge in [-0.2, -0.15) is 23.0 Å². The van der Waals surface area contributed by atoms with Gasteiger partial charge in [0.2, 0.25) is 11.8 Å². The molecule has 33 heavy (non-hydrogen) atoms. The zero-order valence-corrected chi connectivity index (χ0v) is 18.1. The average molecular weight is 461 g/mol. The van der Waals surface area contributed by atoms with Gasteiger partial charge < -0.3 is 9.42 Å². The number of hydrogen-bond acceptors (Lipinski definition) is 7. The number of piperidine rings is 1. The molecule has 12 heteroatoms. The van der Waals surface area contributed by atoms with E-state index in [-0.39, 0.29) is 18.5 Å². The van der Waals surface area contributed by atoms with Crippen LogP contribution in [0.15, 0.2) is 28.8 Å². The Morgan fingerprint density at radius 3 is 2.76 bits per heavy atom. The van der Waals surface area contributed by atoms with Gasteiger partial charge in [0.05, 0.1) is 18.2 Å². The lowest BCUT2D eigenvalue weighted by Gasteiger charge is -2.33. The van der Waals surface area contributed by atoms with Crippen LogP contribution in [0, 0.1) is 13.8 Å². The highest BCUT2D eigenvalue weighted by Crippen LogP contribution is 2.32. The molecule has 9 nitrogen and oxygen atoms in total. The number of carbonyl (C=O) groups is 1. The standard InChI is InChI=1S/C21H22F3N7O2/c1-13-26-29-31(27-13)12-16-11-17(21(22,23)24)8-6-15(16)7-9-19(32)30-10-4-3-5-18(30)20-25-14(2)33-28-20/h6-9,11,18H,3-5,10,12H2,1-2H3/b9-7+/t18-/m0/s1. The molecule has 4 rings (SSSR count). The maximum atomic E-state index is 13.3. The van der Waals surface area contributed by atoms with Gasteiger partial charge in [0, 0.05) is 19.5 Å². The Hall–Kier alpha value is -3.57. The maximum absolute atomic E-state index is 13.3. The Labute approximate surface area is 187 Å². The van der Waals surface area contributed by atoms with Crippen molar-refractivity contribution >= 4 is 12.0 Å². The van der Waals surface area contributed by atoms with Crippen LogP contribution in [0.1, 0.15) is 59.5 Å². The van der Waals surface area contributed by atoms with E-state index in [1.165, 1.54) is 23.0 Å². The van der Waals surface area contributed by atoms with Gasteiger partial charge >= 0.3 is 6.18 Å². The normalized spacial score (nSPS) is 17.1. The molecule has 174 valence electrons. The van der Waals surface area contributed by atoms with Gasteiger partial charge in [-0.3, -0.25) is 4.79 Å². The molecule has 1 saturated heterocycles. The summed E-state index contributed by atoms with van der Waals surface area (Å²) in [6.45, 7) is 3.83. The minimum Gasteiger partial charge on any atom is -0.340 e. The average Bonchev–Trinajstić information content (AvgIpc) is 3.39. The van der Waals surface area contributed by atoms with Crippen LogP contribution in [0.25, 0.3) is 6.08 Å². The third-order valence-corrected chi connectivity index (χ3v) is 5.37. The van der Waals surface area contributed by atoms with Gasteiger partial charge in [0.15, 0.2) is 11.6 Å². The molecule has 0 unspecified atom stereocenters. The molecular formula is C21H22F3N7O2. The summed E-state index contributed by atoms with van der Waals surface area (Å²) in [4.78, 5) is 20.1. The lowest BCUT2D eigenvalue weighted by Crippen LogP contribution is -2.38. The van der Waals surface area contributed by atoms with Crippen LogP contribution >= 0.6 is 0 Å². The quantitative estimate of drug-likeness (QED) is 0.536. The van der Waals surface area contributed by atoms with Crippen molar-refractivity contribution < 1.29 is 22.5 Å². The second-order valence-corrected chi connectivity index (χ2v) is 7.83. The van der Waals surface area contributed by atoms with Crippen LogP contribution in [0.5, 0.6) is 0 Å². The van der Waals surface area contributed by atoms with Crippen molar-refractivity contribution in [3.8, 4) is 0 Å². The third kappa shape index (κ3) is 5.26. The fourth-order valence-corrected chi connectivity index (χ4v) is 3.80. The Bertz CT molecular complexity index is 1170. The van der Waals surface area contributed by atoms with E-state index in [1.807, 2.05) is 0 Å². The van der Waals surface area contributed by atoms with E-state index in [9.17, 15) is 18.0 Å². The highest BCUT2D eigenvalue weighted by Gasteiger charge is 2.32. The van der Waals surface area contributed by atoms with Crippen LogP contribution in [-0.2, 0) is 17.5 Å². The van der Waals surface area contributed by atoms with E-state index >= 15 is 0 Å². The minimum atomic E-state index is -4.50. The summed E-state index contributed by atoms with van der Waals surface area (Å²) >= 11 is 0. The summed E-state index contributed by atoms with van der Waals surface area (Å²) in [6.07, 6.45) is 0.852. The van der Waals surface area contributed by atoms with Gasteiger partial charge in [-0.05, 0) is 60.7 Å². The number of hydrogen-bond donors (Lipinski definition) is 0. The molecular weight excluding hydrogens is 439 g/mol. The Balaban J connectivity index is 1.59. The molecule has 3 aromatic rings. The van der Waals surface area contributed by atoms with Gasteiger partial charge in [-0.25, -0.2) is 0 Å². The molecule has 3 heterocycles. The van der Waals surface area contributed by atoms with E-state index in [0.29, 0.717) is 41.6 Å². The molecule has 1 aliphatic rings. The number of aryl methyl sites for hydroxylation is 2. The number of rotatable bonds is 5. The highest BCUT2D eigenvalue weighted by atomic mass is 19.4. The molecule has 0 N–H and O–H groups in total. The number of alkyl halides is 3. The van der Waals surface area contributed by atoms with Crippen molar-refractivity contribution in [3.05, 3.63) is 58.5 Å². The first-order chi connectivity index (χ1) is 15.7. The van der Waals surface area contributed by atoms with Crippen molar-refractivity contribution in [2.24, 2.45) is 0 Å². The maximum Gasteiger partial charge on any atom is 0.416 e. The number of halogens is 3. The number of nitrogens with zero attached hydrogens (tertiary/aromatic N) is 7. The number of amides is 1. The van der Waals surface area contributed by atoms with E-state index < -0.39 is 11.7 Å². The first-order valence-corrected chi connectivity index (χ1v) is 10.4. The fraction of sp³-hybridized carbons (Fsp3) is 0.429. The molecule has 0 bridgehead atoms. The molecule has 0 radical (unpaired) electrons. The van der Waals surface area contributed by atoms with Crippen molar-refractivity contribution in [1.82, 2.24) is 35.2 Å². The SMILES string of the molecule is Cc1nnn(Cc2cc(C(F)(F)F)ccc2/C=C/C(=O)N2CCCC[C@H]2c2noc(C)n2)n1. The van der Waals surface area contributed by atoms with Gasteiger partial charge in [0.25, 0.3) is 0 Å². The minimum absolute atomic E-state index is 0.0207. The van der Waals surface area contributed by atoms with Gasteiger partial charge in [0.1, 0.15) is 0 Å². The lowest BCUT2D eigenvalue weighted by atomic mass is 10.0. The Kier molecular flexibility index (Phi) is 6.25. The molecule has 0 saturated carbocycles. The Morgan fingerprint density at radius 1 is 1.27 bits per heavy atom. The van der Waals surface area contributed by atoms with Crippen molar-refractivity contribution in [2.45, 2.75) is 51.9 Å². The van der Waals surface area contributed by atoms with Crippen molar-refractivity contribution in [2.75, 3.05) is 6.54 Å². The van der Waals surface area contributed by atoms with Crippen LogP contribution in [0.2, 0.25) is 0 Å². The molecule has 1 atom stereocenters. The van der Waals surface area contributed by atoms with Crippen LogP contribution < -0.4 is 0 Å². The second-order valence-electron chi connectivity index (χ2n) is 7.83. The number of likely N-dealkylation sites (tertiary alicyclic amines) is 1. The molecule has 1 amide bonds. The molecule has 0 spiro atoms. The van der Waals surface area contributed by atoms with Crippen LogP contribution in [0.4, 0.5) is 13.2 Å². The summed E-state index contributed by atoms with van der Waals surface area (Å²) in [6, 6.07) is 3.05. The zero-order chi connectivity index (χ0) is 23.6. The molecule has 0 aliphatic carbocycles. The Morgan fingerprint density at radius 2 is 2.09 bits per heavy atom. The fourth-order valence-electron chi connectivity index (χ4n) is 3.80. The predicted molar refractivity (Wildman–Crippen MR) is 109 cm³/mol. The number of aromatic nitrogens is 6. The molecule has 1 aliphatic heterocycles. The number of tetrazole rings is 1. The first-order valence-electron chi connectivity index (χ1n) is 10.4. The summed E-state index contributed by atoms with van der Waals surface area (Å²) in [7, 11) is 0. The lowest BCUT2D eigenvalue weighted by molar-refractivity contribution is -0.137. The van der Waals surface area contributed by atoms with Crippen LogP contribution in [-0.4, -0.2) is 47.7 Å². The van der Waals surface area contributed by atoms with E-state index in [2.05, 4.69) is 25.6 Å². The summed E-state index contributed by atoms with van der Waals surface area (Å²) in [5.74, 6) is 1.01. The summed E-state index contributed by atoms with van der Waals surface area (Å²) in [5.41, 5.74) is -0.0214. The second kappa shape index (κ2) is 9.12. The monoisotopic (exact) mass is 461 g/mol. The molecule has 2 aromatic heterocycles. The highest BCUT2D eigenvalue weighted by molar-refractivity contribution is 5.92. The van der Waals surface area contributed by atoms with E-state index in [1.54, 1.807) is 18.7 Å². The molecule has 1 fully saturated rings. The summed E-state index contributed by atoms with van der Waals surface area (Å²) < 4.78 is 44.8. The van der Waals surface area contributed by atoms with Crippen LogP contribution in [0.3, 0.4) is 0 Å². The zero-order valence-electron chi connectivity index (χ0n) is 18.1.